The first-order valence-corrected chi connectivity index (χ1v) is 5.29. The van der Waals surface area contributed by atoms with Crippen molar-refractivity contribution in [2.45, 2.75) is 26.4 Å². The second-order valence-electron chi connectivity index (χ2n) is 4.58. The van der Waals surface area contributed by atoms with Gasteiger partial charge in [-0.15, -0.1) is 4.91 Å². The van der Waals surface area contributed by atoms with Gasteiger partial charge < -0.3 is 9.47 Å². The molecule has 1 rings (SSSR count). The van der Waals surface area contributed by atoms with Crippen molar-refractivity contribution in [1.82, 2.24) is 0 Å². The van der Waals surface area contributed by atoms with E-state index in [9.17, 15) is 14.1 Å². The van der Waals surface area contributed by atoms with Crippen molar-refractivity contribution in [3.63, 3.8) is 0 Å². The Morgan fingerprint density at radius 1 is 1.39 bits per heavy atom. The third-order valence-corrected chi connectivity index (χ3v) is 1.79. The fourth-order valence-electron chi connectivity index (χ4n) is 1.16. The second kappa shape index (κ2) is 5.57. The Morgan fingerprint density at radius 2 is 2.06 bits per heavy atom. The Morgan fingerprint density at radius 3 is 2.56 bits per heavy atom. The summed E-state index contributed by atoms with van der Waals surface area (Å²) >= 11 is 0. The molecule has 0 radical (unpaired) electrons. The molecule has 0 amide bonds. The molecule has 18 heavy (non-hydrogen) atoms. The summed E-state index contributed by atoms with van der Waals surface area (Å²) in [5.41, 5.74) is -0.906. The van der Waals surface area contributed by atoms with E-state index in [-0.39, 0.29) is 18.0 Å². The fourth-order valence-corrected chi connectivity index (χ4v) is 1.16. The first-order chi connectivity index (χ1) is 8.31. The minimum absolute atomic E-state index is 0.130. The van der Waals surface area contributed by atoms with E-state index < -0.39 is 17.4 Å². The molecule has 98 valence electrons. The number of rotatable bonds is 4. The topological polar surface area (TPSA) is 65.0 Å². The van der Waals surface area contributed by atoms with E-state index in [4.69, 9.17) is 9.47 Å². The maximum atomic E-state index is 13.2. The number of esters is 1. The van der Waals surface area contributed by atoms with E-state index >= 15 is 0 Å². The molecule has 0 aliphatic rings. The standard InChI is InChI=1S/C12H14FNO4/c1-12(2,3)18-11(15)7-17-8-4-5-10(14-16)9(13)6-8/h4-6H,7H2,1-3H3. The number of nitroso groups, excluding NO2 is 1. The van der Waals surface area contributed by atoms with E-state index in [1.807, 2.05) is 0 Å². The summed E-state index contributed by atoms with van der Waals surface area (Å²) in [6.07, 6.45) is 0. The molecule has 0 heterocycles. The van der Waals surface area contributed by atoms with Crippen LogP contribution in [0.25, 0.3) is 0 Å². The van der Waals surface area contributed by atoms with Crippen LogP contribution in [0.15, 0.2) is 23.4 Å². The van der Waals surface area contributed by atoms with Crippen LogP contribution in [0.3, 0.4) is 0 Å². The highest BCUT2D eigenvalue weighted by Crippen LogP contribution is 2.22. The van der Waals surface area contributed by atoms with E-state index in [0.29, 0.717) is 0 Å². The van der Waals surface area contributed by atoms with Gasteiger partial charge in [0, 0.05) is 6.07 Å². The van der Waals surface area contributed by atoms with Gasteiger partial charge in [0.25, 0.3) is 0 Å². The molecule has 0 N–H and O–H groups in total. The molecular weight excluding hydrogens is 241 g/mol. The van der Waals surface area contributed by atoms with Crippen molar-refractivity contribution >= 4 is 11.7 Å². The van der Waals surface area contributed by atoms with Gasteiger partial charge in [-0.2, -0.15) is 0 Å². The van der Waals surface area contributed by atoms with Gasteiger partial charge in [-0.3, -0.25) is 0 Å². The fraction of sp³-hybridized carbons (Fsp3) is 0.417. The van der Waals surface area contributed by atoms with Gasteiger partial charge in [-0.25, -0.2) is 9.18 Å². The van der Waals surface area contributed by atoms with Gasteiger partial charge in [0.1, 0.15) is 17.0 Å². The monoisotopic (exact) mass is 255 g/mol. The molecular formula is C12H14FNO4. The first-order valence-electron chi connectivity index (χ1n) is 5.29. The average molecular weight is 255 g/mol. The normalized spacial score (nSPS) is 10.9. The van der Waals surface area contributed by atoms with Gasteiger partial charge in [-0.05, 0) is 38.1 Å². The van der Waals surface area contributed by atoms with Crippen LogP contribution in [0.1, 0.15) is 20.8 Å². The van der Waals surface area contributed by atoms with E-state index in [1.165, 1.54) is 12.1 Å². The van der Waals surface area contributed by atoms with Gasteiger partial charge >= 0.3 is 5.97 Å². The average Bonchev–Trinajstić information content (AvgIpc) is 2.24. The maximum Gasteiger partial charge on any atom is 0.344 e. The summed E-state index contributed by atoms with van der Waals surface area (Å²) in [4.78, 5) is 21.5. The molecule has 0 spiro atoms. The highest BCUT2D eigenvalue weighted by molar-refractivity contribution is 5.71. The lowest BCUT2D eigenvalue weighted by Crippen LogP contribution is -2.27. The number of carbonyl (C=O) groups is 1. The van der Waals surface area contributed by atoms with Crippen molar-refractivity contribution in [3.8, 4) is 5.75 Å². The molecule has 0 aromatic heterocycles. The lowest BCUT2D eigenvalue weighted by Gasteiger charge is -2.19. The predicted octanol–water partition coefficient (Wildman–Crippen LogP) is 2.94. The van der Waals surface area contributed by atoms with Gasteiger partial charge in [0.2, 0.25) is 0 Å². The Hall–Kier alpha value is -1.98. The molecule has 1 aromatic carbocycles. The molecule has 0 bridgehead atoms. The summed E-state index contributed by atoms with van der Waals surface area (Å²) < 4.78 is 23.2. The zero-order chi connectivity index (χ0) is 13.8. The van der Waals surface area contributed by atoms with Crippen LogP contribution in [0.5, 0.6) is 5.75 Å². The van der Waals surface area contributed by atoms with E-state index in [2.05, 4.69) is 5.18 Å². The number of nitrogens with zero attached hydrogens (tertiary/aromatic N) is 1. The number of hydrogen-bond acceptors (Lipinski definition) is 5. The molecule has 5 nitrogen and oxygen atoms in total. The third-order valence-electron chi connectivity index (χ3n) is 1.79. The van der Waals surface area contributed by atoms with Gasteiger partial charge in [-0.1, -0.05) is 0 Å². The van der Waals surface area contributed by atoms with Crippen molar-refractivity contribution in [2.24, 2.45) is 5.18 Å². The van der Waals surface area contributed by atoms with Crippen LogP contribution in [0.4, 0.5) is 10.1 Å². The molecule has 0 saturated carbocycles. The summed E-state index contributed by atoms with van der Waals surface area (Å²) in [7, 11) is 0. The molecule has 0 unspecified atom stereocenters. The van der Waals surface area contributed by atoms with Crippen molar-refractivity contribution < 1.29 is 18.7 Å². The van der Waals surface area contributed by atoms with Crippen molar-refractivity contribution in [1.29, 1.82) is 0 Å². The Balaban J connectivity index is 2.56. The summed E-state index contributed by atoms with van der Waals surface area (Å²) in [5, 5.41) is 2.48. The number of hydrogen-bond donors (Lipinski definition) is 0. The zero-order valence-corrected chi connectivity index (χ0v) is 10.4. The van der Waals surface area contributed by atoms with Crippen molar-refractivity contribution in [2.75, 3.05) is 6.61 Å². The number of halogens is 1. The van der Waals surface area contributed by atoms with Gasteiger partial charge in [0.05, 0.1) is 0 Å². The summed E-state index contributed by atoms with van der Waals surface area (Å²) in [6.45, 7) is 4.86. The lowest BCUT2D eigenvalue weighted by atomic mass is 10.2. The number of ether oxygens (including phenoxy) is 2. The quantitative estimate of drug-likeness (QED) is 0.612. The Labute approximate surface area is 104 Å². The number of carbonyl (C=O) groups excluding carboxylic acids is 1. The van der Waals surface area contributed by atoms with Crippen molar-refractivity contribution in [3.05, 3.63) is 28.9 Å². The summed E-state index contributed by atoms with van der Waals surface area (Å²) in [6, 6.07) is 3.51. The molecule has 0 aliphatic heterocycles. The van der Waals surface area contributed by atoms with Crippen LogP contribution in [-0.4, -0.2) is 18.2 Å². The number of benzene rings is 1. The zero-order valence-electron chi connectivity index (χ0n) is 10.4. The first kappa shape index (κ1) is 14.1. The molecule has 1 aromatic rings. The van der Waals surface area contributed by atoms with E-state index in [0.717, 1.165) is 6.07 Å². The highest BCUT2D eigenvalue weighted by Gasteiger charge is 2.16. The molecule has 0 aliphatic carbocycles. The van der Waals surface area contributed by atoms with Crippen LogP contribution in [0.2, 0.25) is 0 Å². The molecule has 6 heteroatoms. The summed E-state index contributed by atoms with van der Waals surface area (Å²) in [5.74, 6) is -1.22. The second-order valence-corrected chi connectivity index (χ2v) is 4.58. The molecule has 0 atom stereocenters. The van der Waals surface area contributed by atoms with Crippen LogP contribution in [0, 0.1) is 10.7 Å². The largest absolute Gasteiger partial charge is 0.482 e. The Kier molecular flexibility index (Phi) is 4.36. The van der Waals surface area contributed by atoms with E-state index in [1.54, 1.807) is 20.8 Å². The minimum atomic E-state index is -0.799. The SMILES string of the molecule is CC(C)(C)OC(=O)COc1ccc(N=O)c(F)c1. The minimum Gasteiger partial charge on any atom is -0.482 e. The maximum absolute atomic E-state index is 13.2. The highest BCUT2D eigenvalue weighted by atomic mass is 19.1. The molecule has 0 saturated heterocycles. The Bertz CT molecular complexity index is 454. The third kappa shape index (κ3) is 4.48. The lowest BCUT2D eigenvalue weighted by molar-refractivity contribution is -0.157. The predicted molar refractivity (Wildman–Crippen MR) is 63.2 cm³/mol. The van der Waals surface area contributed by atoms with Crippen LogP contribution in [-0.2, 0) is 9.53 Å². The van der Waals surface area contributed by atoms with Gasteiger partial charge in [0.15, 0.2) is 12.4 Å². The smallest absolute Gasteiger partial charge is 0.344 e. The molecule has 0 fully saturated rings. The van der Waals surface area contributed by atoms with Crippen LogP contribution >= 0.6 is 0 Å². The van der Waals surface area contributed by atoms with Crippen LogP contribution < -0.4 is 4.74 Å².